The number of benzene rings is 1. The van der Waals surface area contributed by atoms with E-state index in [1.165, 1.54) is 24.8 Å². The van der Waals surface area contributed by atoms with Gasteiger partial charge in [-0.25, -0.2) is 0 Å². The molecule has 1 heterocycles. The van der Waals surface area contributed by atoms with Crippen LogP contribution in [0.5, 0.6) is 0 Å². The third-order valence-electron chi connectivity index (χ3n) is 5.12. The number of nitrogens with one attached hydrogen (secondary N) is 1. The summed E-state index contributed by atoms with van der Waals surface area (Å²) in [4.78, 5) is 2.25. The Bertz CT molecular complexity index is 458. The van der Waals surface area contributed by atoms with Crippen LogP contribution in [-0.4, -0.2) is 50.8 Å². The van der Waals surface area contributed by atoms with Crippen LogP contribution in [-0.2, 0) is 4.74 Å². The molecule has 1 N–H and O–H groups in total. The summed E-state index contributed by atoms with van der Waals surface area (Å²) >= 11 is 0. The van der Waals surface area contributed by atoms with Crippen molar-refractivity contribution >= 4 is 0 Å². The van der Waals surface area contributed by atoms with E-state index in [0.717, 1.165) is 38.6 Å². The molecule has 2 rings (SSSR count). The van der Waals surface area contributed by atoms with Gasteiger partial charge in [0.15, 0.2) is 0 Å². The van der Waals surface area contributed by atoms with Crippen LogP contribution < -0.4 is 5.32 Å². The first kappa shape index (κ1) is 19.4. The summed E-state index contributed by atoms with van der Waals surface area (Å²) in [6.45, 7) is 8.74. The number of nitrogens with zero attached hydrogens (tertiary/aromatic N) is 1. The minimum absolute atomic E-state index is 0.0229. The van der Waals surface area contributed by atoms with Crippen molar-refractivity contribution in [3.05, 3.63) is 35.9 Å². The third kappa shape index (κ3) is 6.54. The van der Waals surface area contributed by atoms with Gasteiger partial charge < -0.3 is 15.0 Å². The molecule has 0 unspecified atom stereocenters. The molecular weight excluding hydrogens is 296 g/mol. The molecular formula is C21H36N2O. The topological polar surface area (TPSA) is 24.5 Å². The van der Waals surface area contributed by atoms with Crippen LogP contribution in [0, 0.1) is 5.92 Å². The molecule has 1 aliphatic rings. The van der Waals surface area contributed by atoms with E-state index in [9.17, 15) is 0 Å². The fourth-order valence-electron chi connectivity index (χ4n) is 3.90. The van der Waals surface area contributed by atoms with Gasteiger partial charge in [-0.1, -0.05) is 30.3 Å². The molecule has 0 saturated carbocycles. The van der Waals surface area contributed by atoms with Gasteiger partial charge in [0.25, 0.3) is 0 Å². The summed E-state index contributed by atoms with van der Waals surface area (Å²) in [6, 6.07) is 11.1. The maximum Gasteiger partial charge on any atom is 0.0629 e. The van der Waals surface area contributed by atoms with Crippen LogP contribution in [0.15, 0.2) is 30.3 Å². The molecule has 136 valence electrons. The first-order chi connectivity index (χ1) is 11.5. The zero-order chi connectivity index (χ0) is 17.4. The normalized spacial score (nSPS) is 21.8. The smallest absolute Gasteiger partial charge is 0.0629 e. The zero-order valence-electron chi connectivity index (χ0n) is 16.1. The molecule has 0 spiro atoms. The Morgan fingerprint density at radius 2 is 1.96 bits per heavy atom. The van der Waals surface area contributed by atoms with E-state index in [-0.39, 0.29) is 5.60 Å². The van der Waals surface area contributed by atoms with Gasteiger partial charge in [-0.05, 0) is 90.7 Å². The van der Waals surface area contributed by atoms with Crippen LogP contribution >= 0.6 is 0 Å². The molecule has 0 bridgehead atoms. The van der Waals surface area contributed by atoms with Crippen molar-refractivity contribution < 1.29 is 4.74 Å². The highest BCUT2D eigenvalue weighted by atomic mass is 16.5. The lowest BCUT2D eigenvalue weighted by atomic mass is 9.75. The molecule has 1 fully saturated rings. The van der Waals surface area contributed by atoms with Crippen molar-refractivity contribution in [2.75, 3.05) is 40.3 Å². The second-order valence-corrected chi connectivity index (χ2v) is 8.07. The van der Waals surface area contributed by atoms with E-state index in [0.29, 0.717) is 5.92 Å². The lowest BCUT2D eigenvalue weighted by Gasteiger charge is -2.39. The molecule has 3 nitrogen and oxygen atoms in total. The van der Waals surface area contributed by atoms with Gasteiger partial charge in [-0.15, -0.1) is 0 Å². The lowest BCUT2D eigenvalue weighted by Crippen LogP contribution is -2.37. The molecule has 0 aromatic heterocycles. The highest BCUT2D eigenvalue weighted by Crippen LogP contribution is 2.39. The fraction of sp³-hybridized carbons (Fsp3) is 0.714. The average molecular weight is 333 g/mol. The Balaban J connectivity index is 1.89. The summed E-state index contributed by atoms with van der Waals surface area (Å²) in [5.74, 6) is 1.36. The lowest BCUT2D eigenvalue weighted by molar-refractivity contribution is -0.0771. The third-order valence-corrected chi connectivity index (χ3v) is 5.12. The van der Waals surface area contributed by atoms with E-state index in [2.05, 4.69) is 68.5 Å². The van der Waals surface area contributed by atoms with Crippen LogP contribution in [0.2, 0.25) is 0 Å². The van der Waals surface area contributed by atoms with Crippen LogP contribution in [0.1, 0.15) is 51.0 Å². The largest absolute Gasteiger partial charge is 0.376 e. The van der Waals surface area contributed by atoms with Gasteiger partial charge in [0.1, 0.15) is 0 Å². The van der Waals surface area contributed by atoms with Gasteiger partial charge in [-0.3, -0.25) is 0 Å². The minimum Gasteiger partial charge on any atom is -0.376 e. The SMILES string of the molecule is CN(C)CCCNCC[C@H](c1ccccc1)[C@@H]1CCOC(C)(C)C1. The maximum atomic E-state index is 5.94. The van der Waals surface area contributed by atoms with E-state index in [1.807, 2.05) is 0 Å². The van der Waals surface area contributed by atoms with Crippen molar-refractivity contribution in [2.45, 2.75) is 51.0 Å². The average Bonchev–Trinajstić information content (AvgIpc) is 2.53. The summed E-state index contributed by atoms with van der Waals surface area (Å²) in [5, 5.41) is 3.64. The van der Waals surface area contributed by atoms with E-state index in [1.54, 1.807) is 0 Å². The Morgan fingerprint density at radius 3 is 2.62 bits per heavy atom. The Morgan fingerprint density at radius 1 is 1.21 bits per heavy atom. The van der Waals surface area contributed by atoms with E-state index >= 15 is 0 Å². The highest BCUT2D eigenvalue weighted by Gasteiger charge is 2.33. The molecule has 0 radical (unpaired) electrons. The second kappa shape index (κ2) is 9.55. The van der Waals surface area contributed by atoms with Gasteiger partial charge >= 0.3 is 0 Å². The van der Waals surface area contributed by atoms with Crippen LogP contribution in [0.25, 0.3) is 0 Å². The van der Waals surface area contributed by atoms with Crippen molar-refractivity contribution in [3.8, 4) is 0 Å². The Hall–Kier alpha value is -0.900. The summed E-state index contributed by atoms with van der Waals surface area (Å²) in [5.41, 5.74) is 1.52. The van der Waals surface area contributed by atoms with Crippen LogP contribution in [0.4, 0.5) is 0 Å². The van der Waals surface area contributed by atoms with Gasteiger partial charge in [0.2, 0.25) is 0 Å². The minimum atomic E-state index is 0.0229. The monoisotopic (exact) mass is 332 g/mol. The molecule has 1 aromatic carbocycles. The zero-order valence-corrected chi connectivity index (χ0v) is 16.1. The Kier molecular flexibility index (Phi) is 7.73. The highest BCUT2D eigenvalue weighted by molar-refractivity contribution is 5.20. The van der Waals surface area contributed by atoms with E-state index < -0.39 is 0 Å². The number of hydrogen-bond acceptors (Lipinski definition) is 3. The summed E-state index contributed by atoms with van der Waals surface area (Å²) in [6.07, 6.45) is 4.77. The predicted octanol–water partition coefficient (Wildman–Crippen LogP) is 3.91. The first-order valence-electron chi connectivity index (χ1n) is 9.52. The van der Waals surface area contributed by atoms with Crippen molar-refractivity contribution in [1.82, 2.24) is 10.2 Å². The van der Waals surface area contributed by atoms with Crippen molar-refractivity contribution in [1.29, 1.82) is 0 Å². The summed E-state index contributed by atoms with van der Waals surface area (Å²) < 4.78 is 5.94. The molecule has 0 aliphatic carbocycles. The molecule has 1 saturated heterocycles. The predicted molar refractivity (Wildman–Crippen MR) is 103 cm³/mol. The molecule has 2 atom stereocenters. The molecule has 24 heavy (non-hydrogen) atoms. The molecule has 0 amide bonds. The van der Waals surface area contributed by atoms with Gasteiger partial charge in [0.05, 0.1) is 5.60 Å². The fourth-order valence-corrected chi connectivity index (χ4v) is 3.90. The maximum absolute atomic E-state index is 5.94. The quantitative estimate of drug-likeness (QED) is 0.694. The molecule has 3 heteroatoms. The Labute approximate surface area is 148 Å². The summed E-state index contributed by atoms with van der Waals surface area (Å²) in [7, 11) is 4.27. The first-order valence-corrected chi connectivity index (χ1v) is 9.52. The van der Waals surface area contributed by atoms with Gasteiger partial charge in [0, 0.05) is 6.61 Å². The molecule has 1 aromatic rings. The second-order valence-electron chi connectivity index (χ2n) is 8.07. The molecule has 1 aliphatic heterocycles. The van der Waals surface area contributed by atoms with E-state index in [4.69, 9.17) is 4.74 Å². The number of rotatable bonds is 9. The van der Waals surface area contributed by atoms with Crippen molar-refractivity contribution in [3.63, 3.8) is 0 Å². The standard InChI is InChI=1S/C21H36N2O/c1-21(2)17-19(12-16-24-21)20(18-9-6-5-7-10-18)11-14-22-13-8-15-23(3)4/h5-7,9-10,19-20,22H,8,11-17H2,1-4H3/t19-,20-/m1/s1. The van der Waals surface area contributed by atoms with Crippen LogP contribution in [0.3, 0.4) is 0 Å². The van der Waals surface area contributed by atoms with Crippen molar-refractivity contribution in [2.24, 2.45) is 5.92 Å². The number of ether oxygens (including phenoxy) is 1. The number of hydrogen-bond donors (Lipinski definition) is 1. The van der Waals surface area contributed by atoms with Gasteiger partial charge in [-0.2, -0.15) is 0 Å².